The SMILES string of the molecule is CCN1CCN(CCC(C#N)NC)CC1. The Bertz CT molecular complexity index is 203. The minimum Gasteiger partial charge on any atom is -0.305 e. The molecule has 1 heterocycles. The molecule has 1 aliphatic rings. The fraction of sp³-hybridized carbons (Fsp3) is 0.909. The molecule has 15 heavy (non-hydrogen) atoms. The average Bonchev–Trinajstić information content (AvgIpc) is 2.31. The van der Waals surface area contributed by atoms with Crippen molar-refractivity contribution in [3.8, 4) is 6.07 Å². The van der Waals surface area contributed by atoms with Gasteiger partial charge in [0, 0.05) is 32.7 Å². The predicted octanol–water partition coefficient (Wildman–Crippen LogP) is 0.126. The number of hydrogen-bond donors (Lipinski definition) is 1. The van der Waals surface area contributed by atoms with E-state index in [1.807, 2.05) is 7.05 Å². The standard InChI is InChI=1S/C11H22N4/c1-3-14-6-8-15(9-7-14)5-4-11(10-12)13-2/h11,13H,3-9H2,1-2H3. The van der Waals surface area contributed by atoms with Gasteiger partial charge < -0.3 is 15.1 Å². The van der Waals surface area contributed by atoms with Crippen LogP contribution >= 0.6 is 0 Å². The summed E-state index contributed by atoms with van der Waals surface area (Å²) in [5.41, 5.74) is 0. The lowest BCUT2D eigenvalue weighted by Gasteiger charge is -2.34. The molecule has 1 atom stereocenters. The summed E-state index contributed by atoms with van der Waals surface area (Å²) in [6.07, 6.45) is 0.930. The maximum atomic E-state index is 8.80. The Labute approximate surface area is 92.8 Å². The van der Waals surface area contributed by atoms with E-state index in [1.54, 1.807) is 0 Å². The summed E-state index contributed by atoms with van der Waals surface area (Å²) in [4.78, 5) is 4.92. The van der Waals surface area contributed by atoms with Crippen molar-refractivity contribution in [1.29, 1.82) is 5.26 Å². The number of nitrogens with one attached hydrogen (secondary N) is 1. The van der Waals surface area contributed by atoms with Gasteiger partial charge in [-0.1, -0.05) is 6.92 Å². The van der Waals surface area contributed by atoms with Crippen LogP contribution in [0.15, 0.2) is 0 Å². The zero-order valence-corrected chi connectivity index (χ0v) is 9.87. The minimum absolute atomic E-state index is 0.00852. The zero-order chi connectivity index (χ0) is 11.1. The average molecular weight is 210 g/mol. The lowest BCUT2D eigenvalue weighted by atomic mass is 10.2. The van der Waals surface area contributed by atoms with E-state index in [4.69, 9.17) is 5.26 Å². The highest BCUT2D eigenvalue weighted by molar-refractivity contribution is 4.89. The molecule has 0 aromatic heterocycles. The van der Waals surface area contributed by atoms with Gasteiger partial charge in [-0.05, 0) is 20.0 Å². The van der Waals surface area contributed by atoms with Crippen molar-refractivity contribution in [3.05, 3.63) is 0 Å². The molecule has 0 amide bonds. The Balaban J connectivity index is 2.16. The summed E-state index contributed by atoms with van der Waals surface area (Å²) in [5, 5.41) is 11.8. The third-order valence-corrected chi connectivity index (χ3v) is 3.15. The molecule has 1 saturated heterocycles. The Morgan fingerprint density at radius 1 is 1.27 bits per heavy atom. The highest BCUT2D eigenvalue weighted by atomic mass is 15.3. The Morgan fingerprint density at radius 2 is 1.87 bits per heavy atom. The topological polar surface area (TPSA) is 42.3 Å². The third-order valence-electron chi connectivity index (χ3n) is 3.15. The van der Waals surface area contributed by atoms with Gasteiger partial charge in [0.15, 0.2) is 0 Å². The molecule has 0 spiro atoms. The molecule has 1 N–H and O–H groups in total. The minimum atomic E-state index is 0.00852. The quantitative estimate of drug-likeness (QED) is 0.700. The molecule has 0 saturated carbocycles. The maximum absolute atomic E-state index is 8.80. The number of rotatable bonds is 5. The van der Waals surface area contributed by atoms with E-state index in [1.165, 1.54) is 13.1 Å². The molecular weight excluding hydrogens is 188 g/mol. The number of nitriles is 1. The van der Waals surface area contributed by atoms with Crippen LogP contribution in [-0.2, 0) is 0 Å². The van der Waals surface area contributed by atoms with Gasteiger partial charge in [0.2, 0.25) is 0 Å². The largest absolute Gasteiger partial charge is 0.305 e. The summed E-state index contributed by atoms with van der Waals surface area (Å²) < 4.78 is 0. The first-order valence-corrected chi connectivity index (χ1v) is 5.81. The molecule has 86 valence electrons. The van der Waals surface area contributed by atoms with Crippen molar-refractivity contribution < 1.29 is 0 Å². The van der Waals surface area contributed by atoms with E-state index in [2.05, 4.69) is 28.1 Å². The maximum Gasteiger partial charge on any atom is 0.0962 e. The smallest absolute Gasteiger partial charge is 0.0962 e. The third kappa shape index (κ3) is 4.17. The van der Waals surface area contributed by atoms with Crippen LogP contribution in [0.25, 0.3) is 0 Å². The van der Waals surface area contributed by atoms with Crippen molar-refractivity contribution >= 4 is 0 Å². The molecule has 1 unspecified atom stereocenters. The van der Waals surface area contributed by atoms with Crippen LogP contribution in [0.3, 0.4) is 0 Å². The first kappa shape index (κ1) is 12.4. The van der Waals surface area contributed by atoms with Gasteiger partial charge in [0.1, 0.15) is 0 Å². The second-order valence-corrected chi connectivity index (χ2v) is 4.03. The zero-order valence-electron chi connectivity index (χ0n) is 9.87. The molecule has 1 aliphatic heterocycles. The van der Waals surface area contributed by atoms with Crippen LogP contribution in [0.5, 0.6) is 0 Å². The fourth-order valence-electron chi connectivity index (χ4n) is 1.91. The van der Waals surface area contributed by atoms with Crippen molar-refractivity contribution in [3.63, 3.8) is 0 Å². The van der Waals surface area contributed by atoms with Crippen LogP contribution in [0.1, 0.15) is 13.3 Å². The van der Waals surface area contributed by atoms with Crippen LogP contribution in [-0.4, -0.2) is 62.2 Å². The Hall–Kier alpha value is -0.630. The number of likely N-dealkylation sites (N-methyl/N-ethyl adjacent to an activating group) is 1. The van der Waals surface area contributed by atoms with Crippen LogP contribution in [0, 0.1) is 11.3 Å². The molecule has 1 rings (SSSR count). The van der Waals surface area contributed by atoms with Gasteiger partial charge in [0.25, 0.3) is 0 Å². The van der Waals surface area contributed by atoms with E-state index in [9.17, 15) is 0 Å². The molecule has 0 aromatic rings. The second-order valence-electron chi connectivity index (χ2n) is 4.03. The molecule has 0 radical (unpaired) electrons. The van der Waals surface area contributed by atoms with E-state index in [0.717, 1.165) is 32.6 Å². The lowest BCUT2D eigenvalue weighted by molar-refractivity contribution is 0.135. The van der Waals surface area contributed by atoms with Crippen molar-refractivity contribution in [2.75, 3.05) is 46.3 Å². The van der Waals surface area contributed by atoms with Gasteiger partial charge in [-0.15, -0.1) is 0 Å². The van der Waals surface area contributed by atoms with Crippen molar-refractivity contribution in [2.24, 2.45) is 0 Å². The number of hydrogen-bond acceptors (Lipinski definition) is 4. The van der Waals surface area contributed by atoms with Gasteiger partial charge in [0.05, 0.1) is 12.1 Å². The van der Waals surface area contributed by atoms with Crippen LogP contribution < -0.4 is 5.32 Å². The summed E-state index contributed by atoms with van der Waals surface area (Å²) in [6.45, 7) is 9.05. The fourth-order valence-corrected chi connectivity index (χ4v) is 1.91. The van der Waals surface area contributed by atoms with Crippen molar-refractivity contribution in [1.82, 2.24) is 15.1 Å². The van der Waals surface area contributed by atoms with E-state index in [-0.39, 0.29) is 6.04 Å². The van der Waals surface area contributed by atoms with Gasteiger partial charge in [-0.25, -0.2) is 0 Å². The summed E-state index contributed by atoms with van der Waals surface area (Å²) in [5.74, 6) is 0. The van der Waals surface area contributed by atoms with Crippen molar-refractivity contribution in [2.45, 2.75) is 19.4 Å². The summed E-state index contributed by atoms with van der Waals surface area (Å²) in [6, 6.07) is 2.27. The predicted molar refractivity (Wildman–Crippen MR) is 61.6 cm³/mol. The van der Waals surface area contributed by atoms with E-state index in [0.29, 0.717) is 0 Å². The molecule has 0 aliphatic carbocycles. The number of piperazine rings is 1. The molecular formula is C11H22N4. The molecule has 4 heteroatoms. The monoisotopic (exact) mass is 210 g/mol. The first-order valence-electron chi connectivity index (χ1n) is 5.81. The molecule has 1 fully saturated rings. The van der Waals surface area contributed by atoms with Gasteiger partial charge >= 0.3 is 0 Å². The first-order chi connectivity index (χ1) is 7.30. The van der Waals surface area contributed by atoms with Crippen LogP contribution in [0.2, 0.25) is 0 Å². The highest BCUT2D eigenvalue weighted by Crippen LogP contribution is 2.03. The summed E-state index contributed by atoms with van der Waals surface area (Å²) >= 11 is 0. The Morgan fingerprint density at radius 3 is 2.33 bits per heavy atom. The summed E-state index contributed by atoms with van der Waals surface area (Å²) in [7, 11) is 1.85. The molecule has 0 bridgehead atoms. The van der Waals surface area contributed by atoms with E-state index >= 15 is 0 Å². The molecule has 0 aromatic carbocycles. The number of nitrogens with zero attached hydrogens (tertiary/aromatic N) is 3. The molecule has 4 nitrogen and oxygen atoms in total. The van der Waals surface area contributed by atoms with Gasteiger partial charge in [-0.2, -0.15) is 5.26 Å². The highest BCUT2D eigenvalue weighted by Gasteiger charge is 2.16. The second kappa shape index (κ2) is 6.78. The Kier molecular flexibility index (Phi) is 5.62. The normalized spacial score (nSPS) is 21.1. The van der Waals surface area contributed by atoms with Gasteiger partial charge in [-0.3, -0.25) is 0 Å². The van der Waals surface area contributed by atoms with Crippen LogP contribution in [0.4, 0.5) is 0 Å². The lowest BCUT2D eigenvalue weighted by Crippen LogP contribution is -2.47. The van der Waals surface area contributed by atoms with E-state index < -0.39 is 0 Å².